The molecule has 1 aliphatic heterocycles. The van der Waals surface area contributed by atoms with Gasteiger partial charge in [-0.2, -0.15) is 5.26 Å². The van der Waals surface area contributed by atoms with Crippen LogP contribution in [0.4, 0.5) is 4.39 Å². The van der Waals surface area contributed by atoms with Crippen molar-refractivity contribution in [1.29, 1.82) is 5.26 Å². The number of hydrogen-bond acceptors (Lipinski definition) is 4. The summed E-state index contributed by atoms with van der Waals surface area (Å²) in [5.41, 5.74) is 2.44. The Labute approximate surface area is 191 Å². The van der Waals surface area contributed by atoms with Crippen molar-refractivity contribution >= 4 is 17.7 Å². The maximum absolute atomic E-state index is 13.2. The van der Waals surface area contributed by atoms with Crippen molar-refractivity contribution in [3.63, 3.8) is 0 Å². The van der Waals surface area contributed by atoms with Crippen molar-refractivity contribution in [3.05, 3.63) is 84.2 Å². The van der Waals surface area contributed by atoms with Gasteiger partial charge in [-0.15, -0.1) is 0 Å². The molecule has 0 bridgehead atoms. The number of nitrogens with one attached hydrogen (secondary N) is 1. The molecule has 160 valence electrons. The number of carbonyl (C=O) groups is 1. The lowest BCUT2D eigenvalue weighted by Gasteiger charge is -2.44. The highest BCUT2D eigenvalue weighted by Crippen LogP contribution is 2.44. The van der Waals surface area contributed by atoms with Crippen LogP contribution < -0.4 is 5.32 Å². The largest absolute Gasteiger partial charge is 0.344 e. The minimum absolute atomic E-state index is 0.0880. The normalized spacial score (nSPS) is 21.4. The summed E-state index contributed by atoms with van der Waals surface area (Å²) in [5, 5.41) is 12.4. The highest BCUT2D eigenvalue weighted by molar-refractivity contribution is 7.99. The molecular formula is C26H22FN3OS. The van der Waals surface area contributed by atoms with Gasteiger partial charge < -0.3 is 10.2 Å². The Balaban J connectivity index is 1.33. The molecule has 3 aromatic rings. The lowest BCUT2D eigenvalue weighted by Crippen LogP contribution is -2.60. The lowest BCUT2D eigenvalue weighted by atomic mass is 9.69. The standard InChI is InChI=1S/C26H22FN3OS/c27-21-9-11-22(12-10-21)32-24-4-2-1-3-23(24)18-5-7-19(8-6-18)25(31)29-26-14-13-20(26)15-30(16-26)17-28/h1-12,20H,13-16H2,(H,29,31)/t20?,26-/m0/s1. The number of benzene rings is 3. The Hall–Kier alpha value is -3.30. The van der Waals surface area contributed by atoms with E-state index in [-0.39, 0.29) is 17.3 Å². The van der Waals surface area contributed by atoms with E-state index in [1.54, 1.807) is 28.8 Å². The number of likely N-dealkylation sites (tertiary alicyclic amines) is 1. The van der Waals surface area contributed by atoms with Crippen LogP contribution in [-0.4, -0.2) is 29.4 Å². The summed E-state index contributed by atoms with van der Waals surface area (Å²) in [4.78, 5) is 16.7. The van der Waals surface area contributed by atoms with Gasteiger partial charge in [-0.05, 0) is 66.4 Å². The van der Waals surface area contributed by atoms with Crippen LogP contribution in [-0.2, 0) is 0 Å². The second kappa shape index (κ2) is 8.33. The van der Waals surface area contributed by atoms with Gasteiger partial charge >= 0.3 is 0 Å². The van der Waals surface area contributed by atoms with Crippen LogP contribution in [0.15, 0.2) is 82.6 Å². The zero-order valence-corrected chi connectivity index (χ0v) is 18.2. The van der Waals surface area contributed by atoms with Crippen LogP contribution in [0.5, 0.6) is 0 Å². The summed E-state index contributed by atoms with van der Waals surface area (Å²) in [7, 11) is 0. The quantitative estimate of drug-likeness (QED) is 0.543. The average Bonchev–Trinajstić information content (AvgIpc) is 3.05. The molecule has 1 saturated heterocycles. The molecule has 0 radical (unpaired) electrons. The summed E-state index contributed by atoms with van der Waals surface area (Å²) < 4.78 is 13.2. The van der Waals surface area contributed by atoms with E-state index >= 15 is 0 Å². The van der Waals surface area contributed by atoms with Crippen molar-refractivity contribution in [3.8, 4) is 17.3 Å². The lowest BCUT2D eigenvalue weighted by molar-refractivity contribution is 0.0762. The summed E-state index contributed by atoms with van der Waals surface area (Å²) in [6.45, 7) is 1.34. The monoisotopic (exact) mass is 443 g/mol. The fourth-order valence-electron chi connectivity index (χ4n) is 4.65. The predicted molar refractivity (Wildman–Crippen MR) is 123 cm³/mol. The number of halogens is 1. The van der Waals surface area contributed by atoms with E-state index in [1.807, 2.05) is 48.5 Å². The minimum Gasteiger partial charge on any atom is -0.344 e. The maximum atomic E-state index is 13.2. The molecule has 3 aromatic carbocycles. The van der Waals surface area contributed by atoms with Gasteiger partial charge in [-0.3, -0.25) is 4.79 Å². The first kappa shape index (κ1) is 20.6. The minimum atomic E-state index is -0.260. The molecule has 1 amide bonds. The van der Waals surface area contributed by atoms with Gasteiger partial charge in [0.15, 0.2) is 6.19 Å². The molecule has 1 aliphatic carbocycles. The first-order valence-corrected chi connectivity index (χ1v) is 11.5. The SMILES string of the molecule is N#CN1CC2CC[C@]2(NC(=O)c2ccc(-c3ccccc3Sc3ccc(F)cc3)cc2)C1. The first-order chi connectivity index (χ1) is 15.6. The van der Waals surface area contributed by atoms with Crippen LogP contribution in [0.2, 0.25) is 0 Å². The van der Waals surface area contributed by atoms with E-state index in [4.69, 9.17) is 0 Å². The smallest absolute Gasteiger partial charge is 0.251 e. The topological polar surface area (TPSA) is 56.1 Å². The van der Waals surface area contributed by atoms with E-state index in [0.717, 1.165) is 40.3 Å². The summed E-state index contributed by atoms with van der Waals surface area (Å²) in [5.74, 6) is 0.0259. The maximum Gasteiger partial charge on any atom is 0.251 e. The summed E-state index contributed by atoms with van der Waals surface area (Å²) in [6, 6.07) is 22.2. The van der Waals surface area contributed by atoms with Crippen LogP contribution in [0, 0.1) is 23.2 Å². The molecule has 32 heavy (non-hydrogen) atoms. The highest BCUT2D eigenvalue weighted by atomic mass is 32.2. The molecule has 2 fully saturated rings. The Kier molecular flexibility index (Phi) is 5.36. The number of fused-ring (bicyclic) bond motifs is 1. The van der Waals surface area contributed by atoms with E-state index in [0.29, 0.717) is 18.0 Å². The van der Waals surface area contributed by atoms with E-state index in [1.165, 1.54) is 12.1 Å². The third-order valence-corrected chi connectivity index (χ3v) is 7.61. The van der Waals surface area contributed by atoms with Crippen LogP contribution >= 0.6 is 11.8 Å². The van der Waals surface area contributed by atoms with Gasteiger partial charge in [0.1, 0.15) is 5.82 Å². The number of hydrogen-bond donors (Lipinski definition) is 1. The van der Waals surface area contributed by atoms with E-state index < -0.39 is 0 Å². The van der Waals surface area contributed by atoms with Gasteiger partial charge in [0.05, 0.1) is 12.1 Å². The molecule has 1 N–H and O–H groups in total. The second-order valence-corrected chi connectivity index (χ2v) is 9.57. The molecule has 4 nitrogen and oxygen atoms in total. The zero-order chi connectivity index (χ0) is 22.1. The van der Waals surface area contributed by atoms with Crippen LogP contribution in [0.3, 0.4) is 0 Å². The summed E-state index contributed by atoms with van der Waals surface area (Å²) >= 11 is 1.58. The van der Waals surface area contributed by atoms with Crippen molar-refractivity contribution in [2.75, 3.05) is 13.1 Å². The molecule has 1 unspecified atom stereocenters. The zero-order valence-electron chi connectivity index (χ0n) is 17.4. The van der Waals surface area contributed by atoms with Gasteiger partial charge in [0.25, 0.3) is 5.91 Å². The molecule has 6 heteroatoms. The number of nitrogens with zero attached hydrogens (tertiary/aromatic N) is 2. The molecule has 2 atom stereocenters. The van der Waals surface area contributed by atoms with Gasteiger partial charge in [-0.1, -0.05) is 42.1 Å². The number of amides is 1. The molecule has 0 aromatic heterocycles. The number of rotatable bonds is 5. The predicted octanol–water partition coefficient (Wildman–Crippen LogP) is 5.32. The molecule has 0 spiro atoms. The van der Waals surface area contributed by atoms with Gasteiger partial charge in [-0.25, -0.2) is 4.39 Å². The van der Waals surface area contributed by atoms with Crippen LogP contribution in [0.25, 0.3) is 11.1 Å². The fourth-order valence-corrected chi connectivity index (χ4v) is 5.61. The Morgan fingerprint density at radius 1 is 1.09 bits per heavy atom. The molecule has 1 saturated carbocycles. The van der Waals surface area contributed by atoms with Gasteiger partial charge in [0, 0.05) is 27.8 Å². The first-order valence-electron chi connectivity index (χ1n) is 10.7. The number of nitriles is 1. The fraction of sp³-hybridized carbons (Fsp3) is 0.231. The van der Waals surface area contributed by atoms with E-state index in [9.17, 15) is 14.4 Å². The van der Waals surface area contributed by atoms with Gasteiger partial charge in [0.2, 0.25) is 0 Å². The Morgan fingerprint density at radius 3 is 2.53 bits per heavy atom. The highest BCUT2D eigenvalue weighted by Gasteiger charge is 2.54. The van der Waals surface area contributed by atoms with Crippen molar-refractivity contribution < 1.29 is 9.18 Å². The van der Waals surface area contributed by atoms with Crippen molar-refractivity contribution in [1.82, 2.24) is 10.2 Å². The molecule has 2 aliphatic rings. The Bertz CT molecular complexity index is 1190. The summed E-state index contributed by atoms with van der Waals surface area (Å²) in [6.07, 6.45) is 4.19. The third kappa shape index (κ3) is 3.85. The number of carbonyl (C=O) groups excluding carboxylic acids is 1. The molecular weight excluding hydrogens is 421 g/mol. The third-order valence-electron chi connectivity index (χ3n) is 6.52. The van der Waals surface area contributed by atoms with Crippen LogP contribution in [0.1, 0.15) is 23.2 Å². The second-order valence-electron chi connectivity index (χ2n) is 8.46. The average molecular weight is 444 g/mol. The molecule has 5 rings (SSSR count). The van der Waals surface area contributed by atoms with E-state index in [2.05, 4.69) is 11.5 Å². The molecule has 1 heterocycles. The van der Waals surface area contributed by atoms with Crippen molar-refractivity contribution in [2.45, 2.75) is 28.2 Å². The van der Waals surface area contributed by atoms with Crippen molar-refractivity contribution in [2.24, 2.45) is 5.92 Å². The Morgan fingerprint density at radius 2 is 1.84 bits per heavy atom.